The molecule has 2 amide bonds. The Morgan fingerprint density at radius 3 is 2.62 bits per heavy atom. The van der Waals surface area contributed by atoms with Crippen molar-refractivity contribution in [3.8, 4) is 5.75 Å². The van der Waals surface area contributed by atoms with E-state index < -0.39 is 0 Å². The number of hydrogen-bond donors (Lipinski definition) is 2. The molecule has 0 bridgehead atoms. The summed E-state index contributed by atoms with van der Waals surface area (Å²) in [5.74, 6) is 0.647. The minimum atomic E-state index is -0.284. The van der Waals surface area contributed by atoms with Gasteiger partial charge in [-0.15, -0.1) is 0 Å². The topological polar surface area (TPSA) is 59.6 Å². The van der Waals surface area contributed by atoms with Gasteiger partial charge in [-0.3, -0.25) is 0 Å². The van der Waals surface area contributed by atoms with E-state index in [1.807, 2.05) is 62.4 Å². The predicted molar refractivity (Wildman–Crippen MR) is 95.4 cm³/mol. The Bertz CT molecular complexity index is 659. The molecule has 0 radical (unpaired) electrons. The van der Waals surface area contributed by atoms with Gasteiger partial charge in [0.25, 0.3) is 0 Å². The van der Waals surface area contributed by atoms with Crippen molar-refractivity contribution < 1.29 is 14.3 Å². The molecule has 5 nitrogen and oxygen atoms in total. The second kappa shape index (κ2) is 8.93. The first-order valence-corrected chi connectivity index (χ1v) is 7.92. The minimum Gasteiger partial charge on any atom is -0.487 e. The van der Waals surface area contributed by atoms with E-state index in [0.29, 0.717) is 24.7 Å². The summed E-state index contributed by atoms with van der Waals surface area (Å²) in [4.78, 5) is 12.1. The van der Waals surface area contributed by atoms with Crippen molar-refractivity contribution in [1.82, 2.24) is 5.32 Å². The standard InChI is InChI=1S/C19H24N2O3/c1-14-9-10-17(21-19(22)20-15(2)12-23-3)18(11-14)24-13-16-7-5-4-6-8-16/h4-11,15H,12-13H2,1-3H3,(H2,20,21,22). The molecule has 0 aliphatic heterocycles. The SMILES string of the molecule is COCC(C)NC(=O)Nc1ccc(C)cc1OCc1ccccc1. The van der Waals surface area contributed by atoms with Crippen molar-refractivity contribution in [3.05, 3.63) is 59.7 Å². The third-order valence-corrected chi connectivity index (χ3v) is 3.42. The fourth-order valence-corrected chi connectivity index (χ4v) is 2.26. The molecule has 0 saturated heterocycles. The van der Waals surface area contributed by atoms with Gasteiger partial charge < -0.3 is 20.1 Å². The zero-order valence-corrected chi connectivity index (χ0v) is 14.3. The molecule has 0 saturated carbocycles. The highest BCUT2D eigenvalue weighted by molar-refractivity contribution is 5.91. The summed E-state index contributed by atoms with van der Waals surface area (Å²) in [6.45, 7) is 4.77. The van der Waals surface area contributed by atoms with Gasteiger partial charge in [0.05, 0.1) is 18.3 Å². The highest BCUT2D eigenvalue weighted by Crippen LogP contribution is 2.26. The third-order valence-electron chi connectivity index (χ3n) is 3.42. The van der Waals surface area contributed by atoms with Crippen LogP contribution < -0.4 is 15.4 Å². The predicted octanol–water partition coefficient (Wildman–Crippen LogP) is 3.73. The molecule has 0 aromatic heterocycles. The lowest BCUT2D eigenvalue weighted by atomic mass is 10.2. The number of urea groups is 1. The highest BCUT2D eigenvalue weighted by atomic mass is 16.5. The van der Waals surface area contributed by atoms with E-state index in [-0.39, 0.29) is 12.1 Å². The molecular formula is C19H24N2O3. The third kappa shape index (κ3) is 5.59. The summed E-state index contributed by atoms with van der Waals surface area (Å²) in [6.07, 6.45) is 0. The van der Waals surface area contributed by atoms with Gasteiger partial charge in [-0.25, -0.2) is 4.79 Å². The number of rotatable bonds is 7. The molecule has 2 aromatic carbocycles. The lowest BCUT2D eigenvalue weighted by Crippen LogP contribution is -2.38. The number of aryl methyl sites for hydroxylation is 1. The van der Waals surface area contributed by atoms with E-state index in [1.165, 1.54) is 0 Å². The van der Waals surface area contributed by atoms with Crippen LogP contribution in [0.2, 0.25) is 0 Å². The molecule has 2 N–H and O–H groups in total. The second-order valence-electron chi connectivity index (χ2n) is 5.73. The largest absolute Gasteiger partial charge is 0.487 e. The Kier molecular flexibility index (Phi) is 6.63. The van der Waals surface area contributed by atoms with Crippen LogP contribution in [-0.2, 0) is 11.3 Å². The van der Waals surface area contributed by atoms with Crippen LogP contribution in [0.3, 0.4) is 0 Å². The Hall–Kier alpha value is -2.53. The molecular weight excluding hydrogens is 304 g/mol. The summed E-state index contributed by atoms with van der Waals surface area (Å²) >= 11 is 0. The van der Waals surface area contributed by atoms with E-state index in [1.54, 1.807) is 7.11 Å². The van der Waals surface area contributed by atoms with E-state index in [9.17, 15) is 4.79 Å². The lowest BCUT2D eigenvalue weighted by Gasteiger charge is -2.16. The quantitative estimate of drug-likeness (QED) is 0.814. The van der Waals surface area contributed by atoms with Crippen LogP contribution in [0.5, 0.6) is 5.75 Å². The van der Waals surface area contributed by atoms with Gasteiger partial charge in [0.15, 0.2) is 0 Å². The number of methoxy groups -OCH3 is 1. The molecule has 5 heteroatoms. The van der Waals surface area contributed by atoms with E-state index in [4.69, 9.17) is 9.47 Å². The molecule has 2 aromatic rings. The maximum Gasteiger partial charge on any atom is 0.319 e. The Labute approximate surface area is 143 Å². The maximum atomic E-state index is 12.1. The van der Waals surface area contributed by atoms with Crippen LogP contribution in [-0.4, -0.2) is 25.8 Å². The number of ether oxygens (including phenoxy) is 2. The smallest absolute Gasteiger partial charge is 0.319 e. The molecule has 24 heavy (non-hydrogen) atoms. The summed E-state index contributed by atoms with van der Waals surface area (Å²) in [5.41, 5.74) is 2.78. The zero-order valence-electron chi connectivity index (χ0n) is 14.3. The van der Waals surface area contributed by atoms with Gasteiger partial charge >= 0.3 is 6.03 Å². The van der Waals surface area contributed by atoms with Crippen molar-refractivity contribution in [2.24, 2.45) is 0 Å². The van der Waals surface area contributed by atoms with Crippen LogP contribution in [0.1, 0.15) is 18.1 Å². The number of amides is 2. The molecule has 128 valence electrons. The van der Waals surface area contributed by atoms with Gasteiger partial charge in [0.1, 0.15) is 12.4 Å². The van der Waals surface area contributed by atoms with Gasteiger partial charge in [-0.05, 0) is 37.1 Å². The van der Waals surface area contributed by atoms with Crippen LogP contribution in [0.4, 0.5) is 10.5 Å². The number of hydrogen-bond acceptors (Lipinski definition) is 3. The van der Waals surface area contributed by atoms with Crippen molar-refractivity contribution >= 4 is 11.7 Å². The molecule has 2 rings (SSSR count). The van der Waals surface area contributed by atoms with Gasteiger partial charge in [-0.1, -0.05) is 36.4 Å². The van der Waals surface area contributed by atoms with Crippen LogP contribution in [0, 0.1) is 6.92 Å². The molecule has 0 aliphatic carbocycles. The van der Waals surface area contributed by atoms with Crippen molar-refractivity contribution in [1.29, 1.82) is 0 Å². The monoisotopic (exact) mass is 328 g/mol. The molecule has 1 atom stereocenters. The van der Waals surface area contributed by atoms with E-state index in [0.717, 1.165) is 11.1 Å². The Morgan fingerprint density at radius 1 is 1.17 bits per heavy atom. The highest BCUT2D eigenvalue weighted by Gasteiger charge is 2.11. The van der Waals surface area contributed by atoms with E-state index in [2.05, 4.69) is 10.6 Å². The van der Waals surface area contributed by atoms with Gasteiger partial charge in [0.2, 0.25) is 0 Å². The van der Waals surface area contributed by atoms with Crippen LogP contribution in [0.15, 0.2) is 48.5 Å². The van der Waals surface area contributed by atoms with Crippen molar-refractivity contribution in [2.45, 2.75) is 26.5 Å². The van der Waals surface area contributed by atoms with Crippen molar-refractivity contribution in [3.63, 3.8) is 0 Å². The number of carbonyl (C=O) groups is 1. The lowest BCUT2D eigenvalue weighted by molar-refractivity contribution is 0.173. The second-order valence-corrected chi connectivity index (χ2v) is 5.73. The number of nitrogens with one attached hydrogen (secondary N) is 2. The average Bonchev–Trinajstić information content (AvgIpc) is 2.56. The average molecular weight is 328 g/mol. The first-order chi connectivity index (χ1) is 11.6. The molecule has 0 fully saturated rings. The molecule has 0 heterocycles. The Balaban J connectivity index is 2.02. The first-order valence-electron chi connectivity index (χ1n) is 7.92. The summed E-state index contributed by atoms with van der Waals surface area (Å²) in [6, 6.07) is 15.2. The zero-order chi connectivity index (χ0) is 17.4. The molecule has 0 spiro atoms. The summed E-state index contributed by atoms with van der Waals surface area (Å²) < 4.78 is 10.9. The number of carbonyl (C=O) groups excluding carboxylic acids is 1. The van der Waals surface area contributed by atoms with Gasteiger partial charge in [-0.2, -0.15) is 0 Å². The number of anilines is 1. The molecule has 0 aliphatic rings. The Morgan fingerprint density at radius 2 is 1.92 bits per heavy atom. The minimum absolute atomic E-state index is 0.0749. The fraction of sp³-hybridized carbons (Fsp3) is 0.316. The maximum absolute atomic E-state index is 12.1. The van der Waals surface area contributed by atoms with Crippen molar-refractivity contribution in [2.75, 3.05) is 19.0 Å². The van der Waals surface area contributed by atoms with E-state index >= 15 is 0 Å². The normalized spacial score (nSPS) is 11.6. The summed E-state index contributed by atoms with van der Waals surface area (Å²) in [7, 11) is 1.60. The van der Waals surface area contributed by atoms with Crippen LogP contribution >= 0.6 is 0 Å². The fourth-order valence-electron chi connectivity index (χ4n) is 2.26. The number of benzene rings is 2. The van der Waals surface area contributed by atoms with Gasteiger partial charge in [0, 0.05) is 7.11 Å². The summed E-state index contributed by atoms with van der Waals surface area (Å²) in [5, 5.41) is 5.65. The van der Waals surface area contributed by atoms with Crippen LogP contribution in [0.25, 0.3) is 0 Å². The first kappa shape index (κ1) is 17.8. The molecule has 1 unspecified atom stereocenters.